The number of H-pyrrole nitrogens is 1. The third-order valence-corrected chi connectivity index (χ3v) is 4.86. The van der Waals surface area contributed by atoms with Crippen LogP contribution in [0.4, 0.5) is 0 Å². The number of nitrogens with zero attached hydrogens (tertiary/aromatic N) is 1. The van der Waals surface area contributed by atoms with Crippen LogP contribution >= 0.6 is 11.6 Å². The van der Waals surface area contributed by atoms with Crippen molar-refractivity contribution in [3.05, 3.63) is 70.4 Å². The summed E-state index contributed by atoms with van der Waals surface area (Å²) in [5.41, 5.74) is 3.40. The highest BCUT2D eigenvalue weighted by atomic mass is 35.5. The van der Waals surface area contributed by atoms with Crippen LogP contribution in [0.3, 0.4) is 0 Å². The van der Waals surface area contributed by atoms with Crippen LogP contribution in [0.1, 0.15) is 30.7 Å². The van der Waals surface area contributed by atoms with Crippen molar-refractivity contribution in [1.29, 1.82) is 0 Å². The number of ether oxygens (including phenoxy) is 1. The number of furan rings is 1. The third-order valence-electron chi connectivity index (χ3n) is 4.63. The van der Waals surface area contributed by atoms with Crippen molar-refractivity contribution in [2.24, 2.45) is 5.92 Å². The number of hydrogen-bond acceptors (Lipinski definition) is 4. The number of benzene rings is 2. The van der Waals surface area contributed by atoms with Crippen molar-refractivity contribution in [2.75, 3.05) is 6.61 Å². The monoisotopic (exact) mass is 410 g/mol. The fourth-order valence-corrected chi connectivity index (χ4v) is 3.41. The average molecular weight is 411 g/mol. The zero-order valence-electron chi connectivity index (χ0n) is 16.4. The molecule has 2 N–H and O–H groups in total. The van der Waals surface area contributed by atoms with Crippen LogP contribution in [0.15, 0.2) is 52.9 Å². The molecule has 0 aliphatic rings. The second kappa shape index (κ2) is 8.31. The minimum absolute atomic E-state index is 0.0453. The molecule has 0 aliphatic carbocycles. The van der Waals surface area contributed by atoms with E-state index in [1.165, 1.54) is 0 Å². The molecule has 0 bridgehead atoms. The summed E-state index contributed by atoms with van der Waals surface area (Å²) in [6, 6.07) is 15.1. The van der Waals surface area contributed by atoms with E-state index in [1.807, 2.05) is 48.5 Å². The molecular formula is C23H23ClN2O3. The Morgan fingerprint density at radius 1 is 1.14 bits per heavy atom. The van der Waals surface area contributed by atoms with E-state index in [1.54, 1.807) is 0 Å². The SMILES string of the molecule is CC(C)COc1ccc(Cl)cc1Cc1ccc(-c2nc3cccc(CO)c3[nH]2)o1. The molecular weight excluding hydrogens is 388 g/mol. The number of aromatic nitrogens is 2. The number of aromatic amines is 1. The molecule has 2 heterocycles. The number of fused-ring (bicyclic) bond motifs is 1. The van der Waals surface area contributed by atoms with Crippen molar-refractivity contribution in [3.8, 4) is 17.3 Å². The molecule has 0 fully saturated rings. The summed E-state index contributed by atoms with van der Waals surface area (Å²) in [6.07, 6.45) is 0.566. The van der Waals surface area contributed by atoms with Crippen molar-refractivity contribution in [1.82, 2.24) is 9.97 Å². The molecule has 0 radical (unpaired) electrons. The van der Waals surface area contributed by atoms with Gasteiger partial charge in [0.1, 0.15) is 11.5 Å². The first-order chi connectivity index (χ1) is 14.0. The molecule has 0 unspecified atom stereocenters. The average Bonchev–Trinajstić information content (AvgIpc) is 3.33. The maximum absolute atomic E-state index is 9.52. The van der Waals surface area contributed by atoms with Gasteiger partial charge in [-0.05, 0) is 42.3 Å². The van der Waals surface area contributed by atoms with E-state index in [9.17, 15) is 5.11 Å². The molecule has 4 rings (SSSR count). The second-order valence-corrected chi connectivity index (χ2v) is 7.89. The van der Waals surface area contributed by atoms with Crippen molar-refractivity contribution < 1.29 is 14.3 Å². The summed E-state index contributed by atoms with van der Waals surface area (Å²) in [4.78, 5) is 7.84. The van der Waals surface area contributed by atoms with Gasteiger partial charge in [-0.1, -0.05) is 37.6 Å². The lowest BCUT2D eigenvalue weighted by Gasteiger charge is -2.13. The maximum atomic E-state index is 9.52. The van der Waals surface area contributed by atoms with Gasteiger partial charge in [-0.2, -0.15) is 0 Å². The Balaban J connectivity index is 1.60. The van der Waals surface area contributed by atoms with Gasteiger partial charge >= 0.3 is 0 Å². The first kappa shape index (κ1) is 19.6. The van der Waals surface area contributed by atoms with Crippen molar-refractivity contribution >= 4 is 22.6 Å². The number of aliphatic hydroxyl groups is 1. The quantitative estimate of drug-likeness (QED) is 0.416. The van der Waals surface area contributed by atoms with Gasteiger partial charge in [-0.25, -0.2) is 4.98 Å². The summed E-state index contributed by atoms with van der Waals surface area (Å²) in [7, 11) is 0. The van der Waals surface area contributed by atoms with E-state index >= 15 is 0 Å². The van der Waals surface area contributed by atoms with Crippen LogP contribution in [0.2, 0.25) is 5.02 Å². The number of para-hydroxylation sites is 1. The van der Waals surface area contributed by atoms with Gasteiger partial charge in [0.25, 0.3) is 0 Å². The van der Waals surface area contributed by atoms with E-state index in [-0.39, 0.29) is 6.61 Å². The van der Waals surface area contributed by atoms with Gasteiger partial charge in [-0.3, -0.25) is 0 Å². The van der Waals surface area contributed by atoms with Crippen LogP contribution in [0.25, 0.3) is 22.6 Å². The summed E-state index contributed by atoms with van der Waals surface area (Å²) in [6.45, 7) is 4.83. The first-order valence-electron chi connectivity index (χ1n) is 9.62. The smallest absolute Gasteiger partial charge is 0.174 e. The standard InChI is InChI=1S/C23H23ClN2O3/c1-14(2)13-28-20-8-6-17(24)10-16(20)11-18-7-9-21(29-18)23-25-19-5-3-4-15(12-27)22(19)26-23/h3-10,14,27H,11-13H2,1-2H3,(H,25,26). The van der Waals surface area contributed by atoms with E-state index in [2.05, 4.69) is 23.8 Å². The summed E-state index contributed by atoms with van der Waals surface area (Å²) < 4.78 is 12.0. The molecule has 150 valence electrons. The fraction of sp³-hybridized carbons (Fsp3) is 0.261. The van der Waals surface area contributed by atoms with E-state index < -0.39 is 0 Å². The van der Waals surface area contributed by atoms with Gasteiger partial charge < -0.3 is 19.2 Å². The first-order valence-corrected chi connectivity index (χ1v) is 10.00. The molecule has 5 nitrogen and oxygen atoms in total. The second-order valence-electron chi connectivity index (χ2n) is 7.45. The number of halogens is 1. The van der Waals surface area contributed by atoms with Gasteiger partial charge in [-0.15, -0.1) is 0 Å². The van der Waals surface area contributed by atoms with E-state index in [0.29, 0.717) is 35.6 Å². The molecule has 0 spiro atoms. The number of hydrogen-bond donors (Lipinski definition) is 2. The lowest BCUT2D eigenvalue weighted by Crippen LogP contribution is -2.06. The number of imidazole rings is 1. The molecule has 2 aromatic carbocycles. The minimum Gasteiger partial charge on any atom is -0.493 e. The zero-order chi connectivity index (χ0) is 20.4. The molecule has 0 saturated heterocycles. The predicted octanol–water partition coefficient (Wildman–Crippen LogP) is 5.59. The third kappa shape index (κ3) is 4.31. The molecule has 0 amide bonds. The summed E-state index contributed by atoms with van der Waals surface area (Å²) in [5.74, 6) is 3.32. The van der Waals surface area contributed by atoms with Crippen LogP contribution in [0.5, 0.6) is 5.75 Å². The Kier molecular flexibility index (Phi) is 5.60. The van der Waals surface area contributed by atoms with Crippen LogP contribution in [0, 0.1) is 5.92 Å². The molecule has 2 aromatic heterocycles. The Morgan fingerprint density at radius 3 is 2.79 bits per heavy atom. The molecule has 0 aliphatic heterocycles. The highest BCUT2D eigenvalue weighted by Crippen LogP contribution is 2.29. The van der Waals surface area contributed by atoms with Crippen LogP contribution in [-0.4, -0.2) is 21.7 Å². The molecule has 0 atom stereocenters. The molecule has 4 aromatic rings. The van der Waals surface area contributed by atoms with Gasteiger partial charge in [0, 0.05) is 22.6 Å². The lowest BCUT2D eigenvalue weighted by atomic mass is 10.1. The van der Waals surface area contributed by atoms with Gasteiger partial charge in [0.05, 0.1) is 24.2 Å². The highest BCUT2D eigenvalue weighted by Gasteiger charge is 2.14. The Labute approximate surface area is 174 Å². The Bertz CT molecular complexity index is 1130. The van der Waals surface area contributed by atoms with Crippen molar-refractivity contribution in [3.63, 3.8) is 0 Å². The number of aliphatic hydroxyl groups excluding tert-OH is 1. The maximum Gasteiger partial charge on any atom is 0.174 e. The summed E-state index contributed by atoms with van der Waals surface area (Å²) in [5, 5.41) is 10.2. The van der Waals surface area contributed by atoms with Gasteiger partial charge in [0.2, 0.25) is 0 Å². The number of rotatable bonds is 7. The fourth-order valence-electron chi connectivity index (χ4n) is 3.21. The molecule has 0 saturated carbocycles. The normalized spacial score (nSPS) is 11.5. The zero-order valence-corrected chi connectivity index (χ0v) is 17.2. The van der Waals surface area contributed by atoms with E-state index in [0.717, 1.165) is 33.7 Å². The highest BCUT2D eigenvalue weighted by molar-refractivity contribution is 6.30. The van der Waals surface area contributed by atoms with Crippen LogP contribution < -0.4 is 4.74 Å². The molecule has 29 heavy (non-hydrogen) atoms. The number of nitrogens with one attached hydrogen (secondary N) is 1. The van der Waals surface area contributed by atoms with Crippen LogP contribution in [-0.2, 0) is 13.0 Å². The summed E-state index contributed by atoms with van der Waals surface area (Å²) >= 11 is 6.20. The minimum atomic E-state index is -0.0453. The van der Waals surface area contributed by atoms with E-state index in [4.69, 9.17) is 20.8 Å². The van der Waals surface area contributed by atoms with Crippen molar-refractivity contribution in [2.45, 2.75) is 26.9 Å². The molecule has 6 heteroatoms. The topological polar surface area (TPSA) is 71.3 Å². The lowest BCUT2D eigenvalue weighted by molar-refractivity contribution is 0.268. The largest absolute Gasteiger partial charge is 0.493 e. The Hall–Kier alpha value is -2.76. The van der Waals surface area contributed by atoms with Gasteiger partial charge in [0.15, 0.2) is 11.6 Å². The Morgan fingerprint density at radius 2 is 2.00 bits per heavy atom. The predicted molar refractivity (Wildman–Crippen MR) is 114 cm³/mol.